The molecule has 1 amide bonds. The molecule has 1 fully saturated rings. The smallest absolute Gasteiger partial charge is 0.236 e. The van der Waals surface area contributed by atoms with Crippen molar-refractivity contribution < 1.29 is 10.0 Å². The van der Waals surface area contributed by atoms with Gasteiger partial charge in [0.05, 0.1) is 0 Å². The van der Waals surface area contributed by atoms with Crippen molar-refractivity contribution in [3.8, 4) is 0 Å². The first kappa shape index (κ1) is 13.8. The highest BCUT2D eigenvalue weighted by molar-refractivity contribution is 6.07. The molecule has 0 aromatic rings. The molecule has 5 heteroatoms. The predicted molar refractivity (Wildman–Crippen MR) is 66.9 cm³/mol. The predicted octanol–water partition coefficient (Wildman–Crippen LogP) is 1.55. The first-order valence-corrected chi connectivity index (χ1v) is 6.39. The summed E-state index contributed by atoms with van der Waals surface area (Å²) in [6, 6.07) is 0. The van der Waals surface area contributed by atoms with E-state index in [1.165, 1.54) is 0 Å². The molecular weight excluding hydrogens is 218 g/mol. The van der Waals surface area contributed by atoms with Gasteiger partial charge in [0, 0.05) is 13.1 Å². The molecule has 1 rings (SSSR count). The number of carbonyl (C=O) groups is 1. The number of nitrogens with zero attached hydrogens (tertiary/aromatic N) is 2. The number of hydrogen-bond donors (Lipinski definition) is 2. The molecule has 0 aromatic carbocycles. The largest absolute Gasteiger partial charge is 0.409 e. The SMILES string of the molecule is CCCN(CCC)C(=O)C1(C(N)=NO)CCC1. The minimum atomic E-state index is -0.723. The van der Waals surface area contributed by atoms with Gasteiger partial charge in [0.1, 0.15) is 5.41 Å². The van der Waals surface area contributed by atoms with Crippen LogP contribution in [0.25, 0.3) is 0 Å². The third-order valence-electron chi connectivity index (χ3n) is 3.49. The maximum absolute atomic E-state index is 12.5. The summed E-state index contributed by atoms with van der Waals surface area (Å²) in [6.07, 6.45) is 4.22. The van der Waals surface area contributed by atoms with E-state index in [4.69, 9.17) is 10.9 Å². The van der Waals surface area contributed by atoms with E-state index in [1.807, 2.05) is 18.7 Å². The Morgan fingerprint density at radius 1 is 1.35 bits per heavy atom. The summed E-state index contributed by atoms with van der Waals surface area (Å²) in [7, 11) is 0. The van der Waals surface area contributed by atoms with Gasteiger partial charge in [-0.05, 0) is 25.7 Å². The van der Waals surface area contributed by atoms with Crippen molar-refractivity contribution in [2.75, 3.05) is 13.1 Å². The lowest BCUT2D eigenvalue weighted by atomic mass is 9.66. The highest BCUT2D eigenvalue weighted by Gasteiger charge is 2.49. The van der Waals surface area contributed by atoms with E-state index in [9.17, 15) is 4.79 Å². The van der Waals surface area contributed by atoms with Crippen LogP contribution in [0.1, 0.15) is 46.0 Å². The number of amidine groups is 1. The van der Waals surface area contributed by atoms with Crippen LogP contribution in [0.15, 0.2) is 5.16 Å². The average Bonchev–Trinajstić information content (AvgIpc) is 2.26. The molecule has 17 heavy (non-hydrogen) atoms. The maximum atomic E-state index is 12.5. The second-order valence-electron chi connectivity index (χ2n) is 4.71. The number of carbonyl (C=O) groups excluding carboxylic acids is 1. The van der Waals surface area contributed by atoms with Crippen LogP contribution >= 0.6 is 0 Å². The fourth-order valence-corrected chi connectivity index (χ4v) is 2.36. The zero-order chi connectivity index (χ0) is 12.9. The summed E-state index contributed by atoms with van der Waals surface area (Å²) in [4.78, 5) is 14.3. The lowest BCUT2D eigenvalue weighted by molar-refractivity contribution is -0.142. The van der Waals surface area contributed by atoms with Crippen LogP contribution in [0.3, 0.4) is 0 Å². The zero-order valence-electron chi connectivity index (χ0n) is 10.8. The van der Waals surface area contributed by atoms with Crippen LogP contribution < -0.4 is 5.73 Å². The van der Waals surface area contributed by atoms with Gasteiger partial charge in [0.15, 0.2) is 5.84 Å². The van der Waals surface area contributed by atoms with Crippen molar-refractivity contribution in [1.29, 1.82) is 0 Å². The number of amides is 1. The molecule has 0 atom stereocenters. The van der Waals surface area contributed by atoms with E-state index in [2.05, 4.69) is 5.16 Å². The number of rotatable bonds is 6. The summed E-state index contributed by atoms with van der Waals surface area (Å²) in [6.45, 7) is 5.58. The van der Waals surface area contributed by atoms with Crippen LogP contribution in [0, 0.1) is 5.41 Å². The van der Waals surface area contributed by atoms with Crippen molar-refractivity contribution in [1.82, 2.24) is 4.90 Å². The Balaban J connectivity index is 2.83. The number of hydrogen-bond acceptors (Lipinski definition) is 3. The molecule has 1 aliphatic rings. The fraction of sp³-hybridized carbons (Fsp3) is 0.833. The summed E-state index contributed by atoms with van der Waals surface area (Å²) in [5, 5.41) is 11.9. The van der Waals surface area contributed by atoms with Crippen LogP contribution in [0.5, 0.6) is 0 Å². The van der Waals surface area contributed by atoms with E-state index in [0.29, 0.717) is 12.8 Å². The summed E-state index contributed by atoms with van der Waals surface area (Å²) in [5.74, 6) is 0.105. The zero-order valence-corrected chi connectivity index (χ0v) is 10.8. The van der Waals surface area contributed by atoms with Gasteiger partial charge in [-0.2, -0.15) is 0 Å². The number of nitrogens with two attached hydrogens (primary N) is 1. The Morgan fingerprint density at radius 2 is 1.88 bits per heavy atom. The monoisotopic (exact) mass is 241 g/mol. The average molecular weight is 241 g/mol. The third-order valence-corrected chi connectivity index (χ3v) is 3.49. The van der Waals surface area contributed by atoms with Crippen LogP contribution in [0.2, 0.25) is 0 Å². The molecule has 98 valence electrons. The second-order valence-corrected chi connectivity index (χ2v) is 4.71. The van der Waals surface area contributed by atoms with Gasteiger partial charge < -0.3 is 15.8 Å². The van der Waals surface area contributed by atoms with E-state index < -0.39 is 5.41 Å². The lowest BCUT2D eigenvalue weighted by Gasteiger charge is -2.42. The first-order chi connectivity index (χ1) is 8.12. The quantitative estimate of drug-likeness (QED) is 0.320. The summed E-state index contributed by atoms with van der Waals surface area (Å²) >= 11 is 0. The van der Waals surface area contributed by atoms with Crippen LogP contribution in [-0.2, 0) is 4.79 Å². The molecule has 0 bridgehead atoms. The van der Waals surface area contributed by atoms with Crippen molar-refractivity contribution >= 4 is 11.7 Å². The molecule has 0 saturated heterocycles. The molecule has 0 aliphatic heterocycles. The molecule has 0 heterocycles. The van der Waals surface area contributed by atoms with Gasteiger partial charge in [-0.25, -0.2) is 0 Å². The Hall–Kier alpha value is -1.26. The van der Waals surface area contributed by atoms with Crippen LogP contribution in [0.4, 0.5) is 0 Å². The molecule has 1 saturated carbocycles. The molecule has 0 aromatic heterocycles. The minimum Gasteiger partial charge on any atom is -0.409 e. The highest BCUT2D eigenvalue weighted by atomic mass is 16.4. The van der Waals surface area contributed by atoms with Gasteiger partial charge in [-0.3, -0.25) is 4.79 Å². The van der Waals surface area contributed by atoms with Gasteiger partial charge >= 0.3 is 0 Å². The van der Waals surface area contributed by atoms with Gasteiger partial charge in [-0.1, -0.05) is 25.4 Å². The van der Waals surface area contributed by atoms with Gasteiger partial charge in [0.25, 0.3) is 0 Å². The number of oxime groups is 1. The van der Waals surface area contributed by atoms with E-state index in [-0.39, 0.29) is 11.7 Å². The van der Waals surface area contributed by atoms with Gasteiger partial charge in [0.2, 0.25) is 5.91 Å². The standard InChI is InChI=1S/C12H23N3O2/c1-3-8-15(9-4-2)11(16)12(6-5-7-12)10(13)14-17/h17H,3-9H2,1-2H3,(H2,13,14). The normalized spacial score (nSPS) is 18.6. The summed E-state index contributed by atoms with van der Waals surface area (Å²) in [5.41, 5.74) is 4.97. The van der Waals surface area contributed by atoms with E-state index >= 15 is 0 Å². The highest BCUT2D eigenvalue weighted by Crippen LogP contribution is 2.42. The van der Waals surface area contributed by atoms with Crippen molar-refractivity contribution in [2.45, 2.75) is 46.0 Å². The summed E-state index contributed by atoms with van der Waals surface area (Å²) < 4.78 is 0. The molecule has 0 spiro atoms. The molecule has 1 aliphatic carbocycles. The first-order valence-electron chi connectivity index (χ1n) is 6.39. The minimum absolute atomic E-state index is 0.0303. The molecule has 0 unspecified atom stereocenters. The molecular formula is C12H23N3O2. The van der Waals surface area contributed by atoms with Gasteiger partial charge in [-0.15, -0.1) is 0 Å². The Bertz CT molecular complexity index is 292. The van der Waals surface area contributed by atoms with Crippen LogP contribution in [-0.4, -0.2) is 34.9 Å². The van der Waals surface area contributed by atoms with Crippen molar-refractivity contribution in [3.63, 3.8) is 0 Å². The molecule has 0 radical (unpaired) electrons. The Labute approximate surface area is 103 Å². The Morgan fingerprint density at radius 3 is 2.18 bits per heavy atom. The lowest BCUT2D eigenvalue weighted by Crippen LogP contribution is -2.55. The van der Waals surface area contributed by atoms with Crippen molar-refractivity contribution in [2.24, 2.45) is 16.3 Å². The third kappa shape index (κ3) is 2.53. The maximum Gasteiger partial charge on any atom is 0.236 e. The second kappa shape index (κ2) is 5.89. The molecule has 5 nitrogen and oxygen atoms in total. The van der Waals surface area contributed by atoms with E-state index in [1.54, 1.807) is 0 Å². The van der Waals surface area contributed by atoms with Crippen molar-refractivity contribution in [3.05, 3.63) is 0 Å². The molecule has 3 N–H and O–H groups in total. The Kier molecular flexibility index (Phi) is 4.78. The topological polar surface area (TPSA) is 78.9 Å². The van der Waals surface area contributed by atoms with E-state index in [0.717, 1.165) is 32.4 Å². The fourth-order valence-electron chi connectivity index (χ4n) is 2.36.